The van der Waals surface area contributed by atoms with Gasteiger partial charge in [0.1, 0.15) is 11.6 Å². The average Bonchev–Trinajstić information content (AvgIpc) is 2.59. The standard InChI is InChI=1S/C17H21FN4O2/c1-2-20-7-9-21(10-8-20)15-11-16(23)22(17(24)19-15)12-13-3-5-14(18)6-4-13/h3-6,11H,2,7-10,12H2,1H3,(H,19,24)/p+1. The molecule has 2 aromatic rings. The molecule has 1 aromatic carbocycles. The second-order valence-electron chi connectivity index (χ2n) is 6.10. The van der Waals surface area contributed by atoms with Gasteiger partial charge >= 0.3 is 5.69 Å². The minimum Gasteiger partial charge on any atom is -0.347 e. The number of hydrogen-bond acceptors (Lipinski definition) is 3. The molecule has 2 N–H and O–H groups in total. The van der Waals surface area contributed by atoms with Gasteiger partial charge in [-0.15, -0.1) is 0 Å². The molecule has 0 spiro atoms. The smallest absolute Gasteiger partial charge is 0.330 e. The van der Waals surface area contributed by atoms with Gasteiger partial charge in [0.2, 0.25) is 0 Å². The summed E-state index contributed by atoms with van der Waals surface area (Å²) < 4.78 is 14.1. The maximum Gasteiger partial charge on any atom is 0.330 e. The van der Waals surface area contributed by atoms with Gasteiger partial charge in [0.15, 0.2) is 0 Å². The second kappa shape index (κ2) is 7.00. The summed E-state index contributed by atoms with van der Waals surface area (Å²) in [4.78, 5) is 31.0. The molecule has 1 fully saturated rings. The Kier molecular flexibility index (Phi) is 4.80. The van der Waals surface area contributed by atoms with Gasteiger partial charge in [-0.2, -0.15) is 0 Å². The normalized spacial score (nSPS) is 15.7. The number of nitrogens with one attached hydrogen (secondary N) is 2. The van der Waals surface area contributed by atoms with Gasteiger partial charge in [0.05, 0.1) is 39.3 Å². The van der Waals surface area contributed by atoms with Crippen LogP contribution in [0.3, 0.4) is 0 Å². The van der Waals surface area contributed by atoms with E-state index in [0.717, 1.165) is 37.3 Å². The maximum atomic E-state index is 13.0. The van der Waals surface area contributed by atoms with Crippen LogP contribution in [0.1, 0.15) is 12.5 Å². The van der Waals surface area contributed by atoms with Crippen molar-refractivity contribution >= 4 is 5.82 Å². The molecule has 0 aliphatic carbocycles. The summed E-state index contributed by atoms with van der Waals surface area (Å²) in [7, 11) is 0. The summed E-state index contributed by atoms with van der Waals surface area (Å²) >= 11 is 0. The molecule has 0 unspecified atom stereocenters. The average molecular weight is 333 g/mol. The number of piperazine rings is 1. The number of H-pyrrole nitrogens is 1. The fourth-order valence-electron chi connectivity index (χ4n) is 3.02. The topological polar surface area (TPSA) is 62.5 Å². The van der Waals surface area contributed by atoms with Gasteiger partial charge in [-0.3, -0.25) is 14.3 Å². The summed E-state index contributed by atoms with van der Waals surface area (Å²) in [5.41, 5.74) is -0.0765. The third kappa shape index (κ3) is 3.56. The molecular weight excluding hydrogens is 311 g/mol. The lowest BCUT2D eigenvalue weighted by molar-refractivity contribution is -0.898. The van der Waals surface area contributed by atoms with E-state index in [-0.39, 0.29) is 17.9 Å². The number of quaternary nitrogens is 1. The quantitative estimate of drug-likeness (QED) is 0.789. The van der Waals surface area contributed by atoms with Crippen LogP contribution < -0.4 is 21.0 Å². The van der Waals surface area contributed by atoms with E-state index in [4.69, 9.17) is 0 Å². The summed E-state index contributed by atoms with van der Waals surface area (Å²) in [6, 6.07) is 7.25. The van der Waals surface area contributed by atoms with Gasteiger partial charge < -0.3 is 9.80 Å². The first-order valence-electron chi connectivity index (χ1n) is 8.24. The number of aromatic nitrogens is 2. The molecule has 0 amide bonds. The molecule has 3 rings (SSSR count). The van der Waals surface area contributed by atoms with E-state index in [1.165, 1.54) is 23.1 Å². The Balaban J connectivity index is 1.80. The Morgan fingerprint density at radius 3 is 2.42 bits per heavy atom. The molecule has 1 aromatic heterocycles. The molecule has 0 atom stereocenters. The number of hydrogen-bond donors (Lipinski definition) is 2. The Morgan fingerprint density at radius 1 is 1.17 bits per heavy atom. The largest absolute Gasteiger partial charge is 0.347 e. The van der Waals surface area contributed by atoms with Crippen LogP contribution >= 0.6 is 0 Å². The fourth-order valence-corrected chi connectivity index (χ4v) is 3.02. The molecule has 7 heteroatoms. The molecule has 0 radical (unpaired) electrons. The first-order chi connectivity index (χ1) is 11.6. The van der Waals surface area contributed by atoms with Crippen LogP contribution in [0, 0.1) is 5.82 Å². The highest BCUT2D eigenvalue weighted by Gasteiger charge is 2.20. The number of anilines is 1. The summed E-state index contributed by atoms with van der Waals surface area (Å²) in [5, 5.41) is 0. The van der Waals surface area contributed by atoms with Gasteiger partial charge in [-0.1, -0.05) is 12.1 Å². The lowest BCUT2D eigenvalue weighted by Crippen LogP contribution is -3.14. The molecule has 24 heavy (non-hydrogen) atoms. The molecule has 0 saturated carbocycles. The van der Waals surface area contributed by atoms with Gasteiger partial charge in [-0.05, 0) is 24.6 Å². The first-order valence-corrected chi connectivity index (χ1v) is 8.24. The van der Waals surface area contributed by atoms with Gasteiger partial charge in [0.25, 0.3) is 5.56 Å². The van der Waals surface area contributed by atoms with Gasteiger partial charge in [0, 0.05) is 6.07 Å². The predicted octanol–water partition coefficient (Wildman–Crippen LogP) is -0.551. The lowest BCUT2D eigenvalue weighted by Gasteiger charge is -2.32. The summed E-state index contributed by atoms with van der Waals surface area (Å²) in [6.07, 6.45) is 0. The van der Waals surface area contributed by atoms with E-state index in [9.17, 15) is 14.0 Å². The molecule has 1 aliphatic rings. The van der Waals surface area contributed by atoms with E-state index < -0.39 is 5.69 Å². The molecule has 128 valence electrons. The number of aromatic amines is 1. The number of rotatable bonds is 4. The maximum absolute atomic E-state index is 13.0. The third-order valence-corrected chi connectivity index (χ3v) is 4.57. The lowest BCUT2D eigenvalue weighted by atomic mass is 10.2. The molecule has 0 bridgehead atoms. The van der Waals surface area contributed by atoms with E-state index >= 15 is 0 Å². The highest BCUT2D eigenvalue weighted by atomic mass is 19.1. The Hall–Kier alpha value is -2.41. The van der Waals surface area contributed by atoms with E-state index in [0.29, 0.717) is 11.4 Å². The van der Waals surface area contributed by atoms with Crippen LogP contribution in [-0.2, 0) is 6.54 Å². The van der Waals surface area contributed by atoms with Crippen LogP contribution in [0.25, 0.3) is 0 Å². The fraction of sp³-hybridized carbons (Fsp3) is 0.412. The monoisotopic (exact) mass is 333 g/mol. The molecule has 2 heterocycles. The van der Waals surface area contributed by atoms with Crippen molar-refractivity contribution in [3.05, 3.63) is 62.6 Å². The van der Waals surface area contributed by atoms with Gasteiger partial charge in [-0.25, -0.2) is 9.18 Å². The minimum absolute atomic E-state index is 0.127. The molecule has 1 aliphatic heterocycles. The van der Waals surface area contributed by atoms with Crippen molar-refractivity contribution in [1.29, 1.82) is 0 Å². The highest BCUT2D eigenvalue weighted by molar-refractivity contribution is 5.37. The SMILES string of the molecule is CC[NH+]1CCN(c2cc(=O)n(Cc3ccc(F)cc3)c(=O)[nH]2)CC1. The highest BCUT2D eigenvalue weighted by Crippen LogP contribution is 2.06. The number of benzene rings is 1. The summed E-state index contributed by atoms with van der Waals surface area (Å²) in [5.74, 6) is 0.235. The van der Waals surface area contributed by atoms with Crippen molar-refractivity contribution in [3.63, 3.8) is 0 Å². The Bertz CT molecular complexity index is 773. The molecule has 6 nitrogen and oxygen atoms in total. The van der Waals surface area contributed by atoms with Crippen molar-refractivity contribution in [1.82, 2.24) is 9.55 Å². The molecule has 1 saturated heterocycles. The Labute approximate surface area is 139 Å². The van der Waals surface area contributed by atoms with Crippen LogP contribution in [0.5, 0.6) is 0 Å². The van der Waals surface area contributed by atoms with Crippen LogP contribution in [0.2, 0.25) is 0 Å². The zero-order valence-electron chi connectivity index (χ0n) is 13.7. The molecular formula is C17H22FN4O2+. The zero-order chi connectivity index (χ0) is 17.1. The second-order valence-corrected chi connectivity index (χ2v) is 6.10. The zero-order valence-corrected chi connectivity index (χ0v) is 13.7. The van der Waals surface area contributed by atoms with Crippen molar-refractivity contribution in [2.45, 2.75) is 13.5 Å². The number of halogens is 1. The van der Waals surface area contributed by atoms with Crippen LogP contribution in [0.15, 0.2) is 39.9 Å². The number of likely N-dealkylation sites (N-methyl/N-ethyl adjacent to an activating group) is 1. The van der Waals surface area contributed by atoms with Crippen LogP contribution in [-0.4, -0.2) is 42.3 Å². The van der Waals surface area contributed by atoms with Crippen molar-refractivity contribution in [2.24, 2.45) is 0 Å². The van der Waals surface area contributed by atoms with Crippen LogP contribution in [0.4, 0.5) is 10.2 Å². The van der Waals surface area contributed by atoms with Crippen molar-refractivity contribution < 1.29 is 9.29 Å². The third-order valence-electron chi connectivity index (χ3n) is 4.57. The summed E-state index contributed by atoms with van der Waals surface area (Å²) in [6.45, 7) is 7.01. The number of nitrogens with zero attached hydrogens (tertiary/aromatic N) is 2. The van der Waals surface area contributed by atoms with Crippen molar-refractivity contribution in [3.8, 4) is 0 Å². The van der Waals surface area contributed by atoms with E-state index in [2.05, 4.69) is 11.9 Å². The first kappa shape index (κ1) is 16.4. The van der Waals surface area contributed by atoms with E-state index in [1.807, 2.05) is 4.90 Å². The minimum atomic E-state index is -0.438. The van der Waals surface area contributed by atoms with E-state index in [1.54, 1.807) is 12.1 Å². The van der Waals surface area contributed by atoms with Crippen molar-refractivity contribution in [2.75, 3.05) is 37.6 Å². The predicted molar refractivity (Wildman–Crippen MR) is 90.3 cm³/mol. The Morgan fingerprint density at radius 2 is 1.83 bits per heavy atom.